The van der Waals surface area contributed by atoms with Crippen LogP contribution in [0.1, 0.15) is 73.3 Å². The predicted octanol–water partition coefficient (Wildman–Crippen LogP) is 2.52. The molecule has 0 radical (unpaired) electrons. The highest BCUT2D eigenvalue weighted by Crippen LogP contribution is 2.44. The van der Waals surface area contributed by atoms with Crippen LogP contribution in [0.2, 0.25) is 0 Å². The van der Waals surface area contributed by atoms with E-state index in [0.29, 0.717) is 30.0 Å². The average molecular weight is 357 g/mol. The Kier molecular flexibility index (Phi) is 4.83. The fraction of sp³-hybridized carbons (Fsp3) is 0.650. The number of carbonyl (C=O) groups excluding carboxylic acids is 2. The van der Waals surface area contributed by atoms with Gasteiger partial charge in [-0.05, 0) is 56.4 Å². The van der Waals surface area contributed by atoms with Crippen LogP contribution >= 0.6 is 0 Å². The maximum atomic E-state index is 12.7. The Balaban J connectivity index is 1.47. The molecule has 0 aromatic carbocycles. The van der Waals surface area contributed by atoms with Crippen molar-refractivity contribution in [2.45, 2.75) is 63.3 Å². The lowest BCUT2D eigenvalue weighted by molar-refractivity contribution is -0.123. The second-order valence-corrected chi connectivity index (χ2v) is 7.99. The number of primary amides is 1. The third kappa shape index (κ3) is 4.00. The van der Waals surface area contributed by atoms with Crippen molar-refractivity contribution in [2.24, 2.45) is 17.6 Å². The summed E-state index contributed by atoms with van der Waals surface area (Å²) in [5, 5.41) is 2.98. The van der Waals surface area contributed by atoms with Gasteiger partial charge in [0.2, 0.25) is 11.8 Å². The van der Waals surface area contributed by atoms with Gasteiger partial charge in [-0.1, -0.05) is 18.9 Å². The highest BCUT2D eigenvalue weighted by Gasteiger charge is 2.32. The maximum Gasteiger partial charge on any atom is 0.270 e. The number of ether oxygens (including phenoxy) is 1. The first kappa shape index (κ1) is 17.3. The molecule has 3 N–H and O–H groups in total. The molecule has 1 heterocycles. The van der Waals surface area contributed by atoms with E-state index in [4.69, 9.17) is 10.5 Å². The van der Waals surface area contributed by atoms with Crippen molar-refractivity contribution >= 4 is 11.8 Å². The van der Waals surface area contributed by atoms with Gasteiger partial charge in [0.1, 0.15) is 5.69 Å². The summed E-state index contributed by atoms with van der Waals surface area (Å²) in [6, 6.07) is 3.55. The summed E-state index contributed by atoms with van der Waals surface area (Å²) in [6.07, 6.45) is 8.26. The molecule has 3 aliphatic rings. The van der Waals surface area contributed by atoms with E-state index in [1.807, 2.05) is 6.07 Å². The standard InChI is InChI=1S/C20H27N3O3/c21-18(24)15-3-1-2-4-16(15)22-19(25)17-10-9-14(13-7-8-13)20(23-17)26-11-12-5-6-12/h9-10,12-13,15-16H,1-8,11H2,(H2,21,24)(H,22,25)/t15-,16+/m0/s1. The van der Waals surface area contributed by atoms with Gasteiger partial charge in [0.05, 0.1) is 12.5 Å². The van der Waals surface area contributed by atoms with Crippen LogP contribution < -0.4 is 15.8 Å². The summed E-state index contributed by atoms with van der Waals surface area (Å²) in [6.45, 7) is 0.685. The number of rotatable bonds is 7. The highest BCUT2D eigenvalue weighted by atomic mass is 16.5. The number of amides is 2. The SMILES string of the molecule is NC(=O)[C@H]1CCCC[C@H]1NC(=O)c1ccc(C2CC2)c(OCC2CC2)n1. The van der Waals surface area contributed by atoms with Crippen molar-refractivity contribution in [1.29, 1.82) is 0 Å². The number of aromatic nitrogens is 1. The quantitative estimate of drug-likeness (QED) is 0.784. The average Bonchev–Trinajstić information content (AvgIpc) is 3.54. The fourth-order valence-corrected chi connectivity index (χ4v) is 3.77. The van der Waals surface area contributed by atoms with Crippen molar-refractivity contribution in [3.8, 4) is 5.88 Å². The number of hydrogen-bond donors (Lipinski definition) is 2. The van der Waals surface area contributed by atoms with Crippen molar-refractivity contribution in [3.63, 3.8) is 0 Å². The molecule has 1 aromatic rings. The molecule has 4 rings (SSSR count). The Morgan fingerprint density at radius 2 is 1.88 bits per heavy atom. The minimum Gasteiger partial charge on any atom is -0.477 e. The molecule has 0 bridgehead atoms. The lowest BCUT2D eigenvalue weighted by Gasteiger charge is -2.29. The van der Waals surface area contributed by atoms with Gasteiger partial charge in [-0.15, -0.1) is 0 Å². The molecule has 0 unspecified atom stereocenters. The van der Waals surface area contributed by atoms with Crippen LogP contribution in [-0.2, 0) is 4.79 Å². The molecule has 6 heteroatoms. The number of carbonyl (C=O) groups is 2. The molecule has 3 fully saturated rings. The lowest BCUT2D eigenvalue weighted by Crippen LogP contribution is -2.47. The summed E-state index contributed by atoms with van der Waals surface area (Å²) in [7, 11) is 0. The molecular weight excluding hydrogens is 330 g/mol. The Labute approximate surface area is 153 Å². The highest BCUT2D eigenvalue weighted by molar-refractivity contribution is 5.93. The molecule has 0 saturated heterocycles. The zero-order chi connectivity index (χ0) is 18.1. The number of nitrogens with one attached hydrogen (secondary N) is 1. The first-order valence-electron chi connectivity index (χ1n) is 9.85. The van der Waals surface area contributed by atoms with E-state index in [-0.39, 0.29) is 23.8 Å². The summed E-state index contributed by atoms with van der Waals surface area (Å²) in [4.78, 5) is 28.9. The molecule has 140 valence electrons. The van der Waals surface area contributed by atoms with Crippen molar-refractivity contribution < 1.29 is 14.3 Å². The lowest BCUT2D eigenvalue weighted by atomic mass is 9.84. The van der Waals surface area contributed by atoms with Crippen LogP contribution in [-0.4, -0.2) is 29.4 Å². The Hall–Kier alpha value is -2.11. The third-order valence-corrected chi connectivity index (χ3v) is 5.74. The molecule has 1 aromatic heterocycles. The fourth-order valence-electron chi connectivity index (χ4n) is 3.77. The molecule has 26 heavy (non-hydrogen) atoms. The van der Waals surface area contributed by atoms with Gasteiger partial charge in [-0.25, -0.2) is 4.98 Å². The number of nitrogens with two attached hydrogens (primary N) is 1. The molecule has 6 nitrogen and oxygen atoms in total. The molecule has 3 aliphatic carbocycles. The molecular formula is C20H27N3O3. The molecule has 0 aliphatic heterocycles. The van der Waals surface area contributed by atoms with Crippen molar-refractivity contribution in [2.75, 3.05) is 6.61 Å². The van der Waals surface area contributed by atoms with Crippen LogP contribution in [0.3, 0.4) is 0 Å². The van der Waals surface area contributed by atoms with Gasteiger partial charge < -0.3 is 15.8 Å². The Morgan fingerprint density at radius 3 is 2.58 bits per heavy atom. The summed E-state index contributed by atoms with van der Waals surface area (Å²) < 4.78 is 5.94. The zero-order valence-corrected chi connectivity index (χ0v) is 15.1. The van der Waals surface area contributed by atoms with Crippen molar-refractivity contribution in [1.82, 2.24) is 10.3 Å². The largest absolute Gasteiger partial charge is 0.477 e. The van der Waals surface area contributed by atoms with E-state index in [2.05, 4.69) is 10.3 Å². The second-order valence-electron chi connectivity index (χ2n) is 7.99. The van der Waals surface area contributed by atoms with Crippen LogP contribution in [0, 0.1) is 11.8 Å². The molecule has 0 spiro atoms. The number of hydrogen-bond acceptors (Lipinski definition) is 4. The smallest absolute Gasteiger partial charge is 0.270 e. The van der Waals surface area contributed by atoms with E-state index < -0.39 is 0 Å². The van der Waals surface area contributed by atoms with Gasteiger partial charge in [0.15, 0.2) is 0 Å². The molecule has 2 atom stereocenters. The van der Waals surface area contributed by atoms with Crippen LogP contribution in [0.4, 0.5) is 0 Å². The zero-order valence-electron chi connectivity index (χ0n) is 15.1. The van der Waals surface area contributed by atoms with Gasteiger partial charge in [0, 0.05) is 11.6 Å². The number of nitrogens with zero attached hydrogens (tertiary/aromatic N) is 1. The van der Waals surface area contributed by atoms with Gasteiger partial charge in [-0.3, -0.25) is 9.59 Å². The van der Waals surface area contributed by atoms with Crippen LogP contribution in [0.15, 0.2) is 12.1 Å². The van der Waals surface area contributed by atoms with E-state index in [1.54, 1.807) is 6.07 Å². The van der Waals surface area contributed by atoms with Gasteiger partial charge in [0.25, 0.3) is 5.91 Å². The Morgan fingerprint density at radius 1 is 1.12 bits per heavy atom. The normalized spacial score (nSPS) is 25.5. The van der Waals surface area contributed by atoms with E-state index in [9.17, 15) is 9.59 Å². The predicted molar refractivity (Wildman–Crippen MR) is 96.8 cm³/mol. The second kappa shape index (κ2) is 7.25. The topological polar surface area (TPSA) is 94.3 Å². The molecule has 2 amide bonds. The monoisotopic (exact) mass is 357 g/mol. The van der Waals surface area contributed by atoms with E-state index in [1.165, 1.54) is 12.8 Å². The molecule has 3 saturated carbocycles. The van der Waals surface area contributed by atoms with E-state index >= 15 is 0 Å². The van der Waals surface area contributed by atoms with Gasteiger partial charge >= 0.3 is 0 Å². The maximum absolute atomic E-state index is 12.7. The summed E-state index contributed by atoms with van der Waals surface area (Å²) in [5.74, 6) is 0.903. The first-order chi connectivity index (χ1) is 12.6. The van der Waals surface area contributed by atoms with Crippen molar-refractivity contribution in [3.05, 3.63) is 23.4 Å². The minimum absolute atomic E-state index is 0.200. The van der Waals surface area contributed by atoms with E-state index in [0.717, 1.165) is 44.1 Å². The summed E-state index contributed by atoms with van der Waals surface area (Å²) in [5.41, 5.74) is 6.98. The Bertz CT molecular complexity index is 698. The van der Waals surface area contributed by atoms with Crippen LogP contribution in [0.5, 0.6) is 5.88 Å². The minimum atomic E-state index is -0.333. The first-order valence-corrected chi connectivity index (χ1v) is 9.85. The van der Waals surface area contributed by atoms with Gasteiger partial charge in [-0.2, -0.15) is 0 Å². The number of pyridine rings is 1. The van der Waals surface area contributed by atoms with Crippen LogP contribution in [0.25, 0.3) is 0 Å². The third-order valence-electron chi connectivity index (χ3n) is 5.74. The summed E-state index contributed by atoms with van der Waals surface area (Å²) >= 11 is 0.